The number of nitrogens with one attached hydrogen (secondary N) is 1. The Hall–Kier alpha value is -2.67. The summed E-state index contributed by atoms with van der Waals surface area (Å²) in [6.45, 7) is 0.318. The van der Waals surface area contributed by atoms with Gasteiger partial charge in [-0.1, -0.05) is 18.2 Å². The van der Waals surface area contributed by atoms with Gasteiger partial charge >= 0.3 is 0 Å². The number of anilines is 1. The zero-order valence-corrected chi connectivity index (χ0v) is 14.0. The van der Waals surface area contributed by atoms with Crippen molar-refractivity contribution in [3.05, 3.63) is 54.5 Å². The number of carbonyl (C=O) groups excluding carboxylic acids is 2. The molecule has 6 nitrogen and oxygen atoms in total. The number of para-hydroxylation sites is 1. The third kappa shape index (κ3) is 3.03. The fourth-order valence-electron chi connectivity index (χ4n) is 2.75. The highest BCUT2D eigenvalue weighted by atomic mass is 32.1. The maximum absolute atomic E-state index is 12.9. The van der Waals surface area contributed by atoms with E-state index < -0.39 is 6.04 Å². The molecule has 0 aliphatic carbocycles. The molecule has 0 spiro atoms. The van der Waals surface area contributed by atoms with Gasteiger partial charge in [0, 0.05) is 7.05 Å². The molecule has 2 heterocycles. The first kappa shape index (κ1) is 16.2. The standard InChI is InChI=1S/C17H17N3O3S/c1-18-17(24)19(11-13-8-5-9-23-13)14-10-15(21)20(16(14)22)12-6-3-2-4-7-12/h2-9,14H,10-11H2,1H3,(H,18,24)/t14-/m1/s1. The fourth-order valence-corrected chi connectivity index (χ4v) is 2.94. The summed E-state index contributed by atoms with van der Waals surface area (Å²) >= 11 is 5.32. The minimum Gasteiger partial charge on any atom is -0.467 e. The number of benzene rings is 1. The van der Waals surface area contributed by atoms with E-state index in [9.17, 15) is 9.59 Å². The van der Waals surface area contributed by atoms with E-state index in [-0.39, 0.29) is 18.2 Å². The lowest BCUT2D eigenvalue weighted by molar-refractivity contribution is -0.122. The second kappa shape index (κ2) is 6.84. The van der Waals surface area contributed by atoms with E-state index in [0.717, 1.165) is 0 Å². The van der Waals surface area contributed by atoms with Gasteiger partial charge in [0.2, 0.25) is 5.91 Å². The first-order valence-electron chi connectivity index (χ1n) is 7.54. The monoisotopic (exact) mass is 343 g/mol. The number of hydrogen-bond acceptors (Lipinski definition) is 4. The number of carbonyl (C=O) groups is 2. The molecule has 0 bridgehead atoms. The molecule has 3 rings (SSSR count). The summed E-state index contributed by atoms with van der Waals surface area (Å²) in [5.41, 5.74) is 0.573. The largest absolute Gasteiger partial charge is 0.467 e. The summed E-state index contributed by atoms with van der Waals surface area (Å²) in [6.07, 6.45) is 1.64. The molecule has 2 amide bonds. The van der Waals surface area contributed by atoms with E-state index in [4.69, 9.17) is 16.6 Å². The molecule has 1 saturated heterocycles. The van der Waals surface area contributed by atoms with Crippen molar-refractivity contribution in [1.29, 1.82) is 0 Å². The lowest BCUT2D eigenvalue weighted by Crippen LogP contribution is -2.48. The number of furan rings is 1. The van der Waals surface area contributed by atoms with Gasteiger partial charge in [0.15, 0.2) is 5.11 Å². The SMILES string of the molecule is CNC(=S)N(Cc1ccco1)[C@@H]1CC(=O)N(c2ccccc2)C1=O. The van der Waals surface area contributed by atoms with Crippen LogP contribution in [0.2, 0.25) is 0 Å². The zero-order chi connectivity index (χ0) is 17.1. The Morgan fingerprint density at radius 3 is 2.67 bits per heavy atom. The van der Waals surface area contributed by atoms with Crippen LogP contribution in [0.15, 0.2) is 53.1 Å². The fraction of sp³-hybridized carbons (Fsp3) is 0.235. The molecule has 1 aliphatic rings. The average Bonchev–Trinajstić information content (AvgIpc) is 3.20. The van der Waals surface area contributed by atoms with E-state index >= 15 is 0 Å². The Morgan fingerprint density at radius 2 is 2.04 bits per heavy atom. The summed E-state index contributed by atoms with van der Waals surface area (Å²) < 4.78 is 5.35. The van der Waals surface area contributed by atoms with Crippen molar-refractivity contribution in [3.8, 4) is 0 Å². The Kier molecular flexibility index (Phi) is 4.61. The molecular weight excluding hydrogens is 326 g/mol. The molecule has 7 heteroatoms. The van der Waals surface area contributed by atoms with Crippen LogP contribution in [0.5, 0.6) is 0 Å². The van der Waals surface area contributed by atoms with Crippen LogP contribution in [-0.2, 0) is 16.1 Å². The molecular formula is C17H17N3O3S. The first-order valence-corrected chi connectivity index (χ1v) is 7.95. The molecule has 1 aliphatic heterocycles. The number of imide groups is 1. The smallest absolute Gasteiger partial charge is 0.257 e. The lowest BCUT2D eigenvalue weighted by atomic mass is 10.2. The predicted octanol–water partition coefficient (Wildman–Crippen LogP) is 1.92. The minimum atomic E-state index is -0.650. The number of thiocarbonyl (C=S) groups is 1. The van der Waals surface area contributed by atoms with E-state index in [2.05, 4.69) is 5.32 Å². The molecule has 0 radical (unpaired) electrons. The topological polar surface area (TPSA) is 65.8 Å². The Balaban J connectivity index is 1.87. The molecule has 1 N–H and O–H groups in total. The van der Waals surface area contributed by atoms with Crippen molar-refractivity contribution in [2.45, 2.75) is 19.0 Å². The molecule has 24 heavy (non-hydrogen) atoms. The van der Waals surface area contributed by atoms with E-state index in [1.807, 2.05) is 12.1 Å². The lowest BCUT2D eigenvalue weighted by Gasteiger charge is -2.28. The molecule has 1 atom stereocenters. The van der Waals surface area contributed by atoms with Crippen LogP contribution in [0.3, 0.4) is 0 Å². The van der Waals surface area contributed by atoms with Gasteiger partial charge in [-0.25, -0.2) is 4.90 Å². The number of hydrogen-bond donors (Lipinski definition) is 1. The third-order valence-electron chi connectivity index (χ3n) is 3.89. The quantitative estimate of drug-likeness (QED) is 0.676. The predicted molar refractivity (Wildman–Crippen MR) is 93.2 cm³/mol. The van der Waals surface area contributed by atoms with E-state index in [1.54, 1.807) is 48.5 Å². The number of rotatable bonds is 4. The van der Waals surface area contributed by atoms with E-state index in [1.165, 1.54) is 4.90 Å². The van der Waals surface area contributed by atoms with Crippen molar-refractivity contribution < 1.29 is 14.0 Å². The van der Waals surface area contributed by atoms with Crippen LogP contribution >= 0.6 is 12.2 Å². The van der Waals surface area contributed by atoms with Gasteiger partial charge in [-0.05, 0) is 36.5 Å². The molecule has 1 fully saturated rings. The molecule has 124 valence electrons. The van der Waals surface area contributed by atoms with Crippen LogP contribution in [0, 0.1) is 0 Å². The van der Waals surface area contributed by atoms with Crippen molar-refractivity contribution in [2.24, 2.45) is 0 Å². The molecule has 0 unspecified atom stereocenters. The number of nitrogens with zero attached hydrogens (tertiary/aromatic N) is 2. The summed E-state index contributed by atoms with van der Waals surface area (Å²) in [5, 5.41) is 3.27. The zero-order valence-electron chi connectivity index (χ0n) is 13.1. The minimum absolute atomic E-state index is 0.0796. The Labute approximate surface area is 145 Å². The summed E-state index contributed by atoms with van der Waals surface area (Å²) in [4.78, 5) is 28.2. The number of amides is 2. The van der Waals surface area contributed by atoms with Crippen LogP contribution in [0.4, 0.5) is 5.69 Å². The van der Waals surface area contributed by atoms with Crippen LogP contribution in [0.25, 0.3) is 0 Å². The van der Waals surface area contributed by atoms with Gasteiger partial charge in [-0.2, -0.15) is 0 Å². The highest BCUT2D eigenvalue weighted by Gasteiger charge is 2.43. The van der Waals surface area contributed by atoms with Crippen LogP contribution in [-0.4, -0.2) is 34.9 Å². The van der Waals surface area contributed by atoms with Gasteiger partial charge in [0.25, 0.3) is 5.91 Å². The Bertz CT molecular complexity index is 746. The summed E-state index contributed by atoms with van der Waals surface area (Å²) in [5.74, 6) is 0.154. The maximum atomic E-state index is 12.9. The van der Waals surface area contributed by atoms with Crippen LogP contribution in [0.1, 0.15) is 12.2 Å². The molecule has 1 aromatic heterocycles. The molecule has 2 aromatic rings. The van der Waals surface area contributed by atoms with Gasteiger partial charge in [-0.3, -0.25) is 9.59 Å². The third-order valence-corrected chi connectivity index (χ3v) is 4.33. The maximum Gasteiger partial charge on any atom is 0.257 e. The van der Waals surface area contributed by atoms with Gasteiger partial charge in [0.1, 0.15) is 11.8 Å². The second-order valence-electron chi connectivity index (χ2n) is 5.39. The van der Waals surface area contributed by atoms with E-state index in [0.29, 0.717) is 23.1 Å². The van der Waals surface area contributed by atoms with Crippen molar-refractivity contribution in [2.75, 3.05) is 11.9 Å². The van der Waals surface area contributed by atoms with Crippen molar-refractivity contribution >= 4 is 34.8 Å². The van der Waals surface area contributed by atoms with Crippen molar-refractivity contribution in [3.63, 3.8) is 0 Å². The highest BCUT2D eigenvalue weighted by molar-refractivity contribution is 7.80. The first-order chi connectivity index (χ1) is 11.6. The average molecular weight is 343 g/mol. The van der Waals surface area contributed by atoms with Gasteiger partial charge in [-0.15, -0.1) is 0 Å². The van der Waals surface area contributed by atoms with Gasteiger partial charge < -0.3 is 14.6 Å². The second-order valence-corrected chi connectivity index (χ2v) is 5.77. The Morgan fingerprint density at radius 1 is 1.29 bits per heavy atom. The molecule has 1 aromatic carbocycles. The van der Waals surface area contributed by atoms with Crippen molar-refractivity contribution in [1.82, 2.24) is 10.2 Å². The summed E-state index contributed by atoms with van der Waals surface area (Å²) in [6, 6.07) is 11.8. The molecule has 0 saturated carbocycles. The van der Waals surface area contributed by atoms with Gasteiger partial charge in [0.05, 0.1) is 24.9 Å². The van der Waals surface area contributed by atoms with Crippen LogP contribution < -0.4 is 10.2 Å². The normalized spacial score (nSPS) is 17.2. The highest BCUT2D eigenvalue weighted by Crippen LogP contribution is 2.26. The summed E-state index contributed by atoms with van der Waals surface area (Å²) in [7, 11) is 1.69.